The third-order valence-corrected chi connectivity index (χ3v) is 6.26. The lowest BCUT2D eigenvalue weighted by molar-refractivity contribution is 0.476. The molecule has 0 bridgehead atoms. The molecule has 2 heteroatoms. The molecule has 2 rings (SSSR count). The third-order valence-electron chi connectivity index (χ3n) is 6.26. The summed E-state index contributed by atoms with van der Waals surface area (Å²) in [6, 6.07) is 15.4. The van der Waals surface area contributed by atoms with Gasteiger partial charge in [-0.05, 0) is 73.4 Å². The van der Waals surface area contributed by atoms with Crippen molar-refractivity contribution in [1.82, 2.24) is 10.2 Å². The first kappa shape index (κ1) is 26.5. The number of nitrogens with zero attached hydrogens (tertiary/aromatic N) is 1. The minimum Gasteiger partial charge on any atom is -0.385 e. The molecule has 0 saturated heterocycles. The first-order chi connectivity index (χ1) is 15.7. The van der Waals surface area contributed by atoms with E-state index in [0.29, 0.717) is 5.92 Å². The van der Waals surface area contributed by atoms with Crippen LogP contribution in [-0.2, 0) is 6.54 Å². The van der Waals surface area contributed by atoms with E-state index in [4.69, 9.17) is 0 Å². The fraction of sp³-hybridized carbons (Fsp3) is 0.419. The average molecular weight is 445 g/mol. The van der Waals surface area contributed by atoms with Gasteiger partial charge >= 0.3 is 0 Å². The highest BCUT2D eigenvalue weighted by Gasteiger charge is 2.11. The molecule has 0 amide bonds. The predicted octanol–water partition coefficient (Wildman–Crippen LogP) is 8.31. The van der Waals surface area contributed by atoms with Gasteiger partial charge in [-0.15, -0.1) is 6.58 Å². The van der Waals surface area contributed by atoms with E-state index >= 15 is 0 Å². The van der Waals surface area contributed by atoms with Crippen LogP contribution < -0.4 is 5.32 Å². The van der Waals surface area contributed by atoms with Gasteiger partial charge in [0.2, 0.25) is 0 Å². The van der Waals surface area contributed by atoms with Crippen LogP contribution >= 0.6 is 0 Å². The van der Waals surface area contributed by atoms with Crippen molar-refractivity contribution in [2.45, 2.75) is 72.3 Å². The molecule has 0 aliphatic heterocycles. The Morgan fingerprint density at radius 3 is 2.39 bits per heavy atom. The smallest absolute Gasteiger partial charge is 0.0426 e. The van der Waals surface area contributed by atoms with Crippen molar-refractivity contribution in [3.8, 4) is 0 Å². The van der Waals surface area contributed by atoms with Crippen molar-refractivity contribution in [3.05, 3.63) is 95.6 Å². The van der Waals surface area contributed by atoms with Crippen molar-refractivity contribution in [1.29, 1.82) is 0 Å². The lowest BCUT2D eigenvalue weighted by Crippen LogP contribution is -2.17. The van der Waals surface area contributed by atoms with Gasteiger partial charge in [-0.2, -0.15) is 0 Å². The highest BCUT2D eigenvalue weighted by atomic mass is 15.1. The summed E-state index contributed by atoms with van der Waals surface area (Å²) in [5.41, 5.74) is 9.62. The second-order valence-corrected chi connectivity index (χ2v) is 9.76. The third kappa shape index (κ3) is 8.61. The Morgan fingerprint density at radius 2 is 1.70 bits per heavy atom. The summed E-state index contributed by atoms with van der Waals surface area (Å²) < 4.78 is 0. The van der Waals surface area contributed by atoms with Gasteiger partial charge in [-0.25, -0.2) is 0 Å². The van der Waals surface area contributed by atoms with Gasteiger partial charge in [0.05, 0.1) is 0 Å². The predicted molar refractivity (Wildman–Crippen MR) is 147 cm³/mol. The minimum absolute atomic E-state index is 0.508. The Kier molecular flexibility index (Phi) is 10.5. The molecule has 0 atom stereocenters. The fourth-order valence-electron chi connectivity index (χ4n) is 3.99. The van der Waals surface area contributed by atoms with Gasteiger partial charge in [0, 0.05) is 37.1 Å². The SMILES string of the molecule is C=C(C)CCCCCCNC(=C)c1cccc(CN(C)C(=C)c2cc(C(C)C)ccc2C)c1. The maximum atomic E-state index is 4.41. The van der Waals surface area contributed by atoms with Gasteiger partial charge in [0.25, 0.3) is 0 Å². The maximum Gasteiger partial charge on any atom is 0.0426 e. The van der Waals surface area contributed by atoms with Gasteiger partial charge in [0.15, 0.2) is 0 Å². The van der Waals surface area contributed by atoms with Crippen LogP contribution in [0.5, 0.6) is 0 Å². The van der Waals surface area contributed by atoms with Crippen molar-refractivity contribution in [2.75, 3.05) is 13.6 Å². The number of aryl methyl sites for hydroxylation is 1. The van der Waals surface area contributed by atoms with Crippen LogP contribution in [0.15, 0.2) is 67.8 Å². The lowest BCUT2D eigenvalue weighted by atomic mass is 9.96. The average Bonchev–Trinajstić information content (AvgIpc) is 2.77. The molecule has 2 aromatic rings. The van der Waals surface area contributed by atoms with Gasteiger partial charge < -0.3 is 10.2 Å². The number of hydrogen-bond acceptors (Lipinski definition) is 2. The van der Waals surface area contributed by atoms with E-state index in [0.717, 1.165) is 36.5 Å². The number of rotatable bonds is 14. The van der Waals surface area contributed by atoms with Crippen molar-refractivity contribution < 1.29 is 0 Å². The highest BCUT2D eigenvalue weighted by Crippen LogP contribution is 2.26. The number of unbranched alkanes of at least 4 members (excludes halogenated alkanes) is 3. The number of hydrogen-bond donors (Lipinski definition) is 1. The molecule has 1 N–H and O–H groups in total. The highest BCUT2D eigenvalue weighted by molar-refractivity contribution is 5.66. The molecule has 0 heterocycles. The van der Waals surface area contributed by atoms with E-state index < -0.39 is 0 Å². The standard InChI is InChI=1S/C31H44N2/c1-23(2)14-11-9-10-12-19-32-26(6)30-16-13-15-28(20-30)22-33(8)27(7)31-21-29(24(3)4)18-17-25(31)5/h13,15-18,20-21,24,32H,1,6-7,9-12,14,19,22H2,2-5,8H3. The molecule has 0 radical (unpaired) electrons. The zero-order chi connectivity index (χ0) is 24.4. The van der Waals surface area contributed by atoms with E-state index in [1.54, 1.807) is 0 Å². The van der Waals surface area contributed by atoms with Crippen molar-refractivity contribution >= 4 is 11.4 Å². The first-order valence-electron chi connectivity index (χ1n) is 12.4. The van der Waals surface area contributed by atoms with Crippen LogP contribution in [0, 0.1) is 6.92 Å². The topological polar surface area (TPSA) is 15.3 Å². The molecular weight excluding hydrogens is 400 g/mol. The van der Waals surface area contributed by atoms with Crippen LogP contribution in [-0.4, -0.2) is 18.5 Å². The monoisotopic (exact) mass is 444 g/mol. The summed E-state index contributed by atoms with van der Waals surface area (Å²) in [5.74, 6) is 0.508. The van der Waals surface area contributed by atoms with Crippen LogP contribution in [0.2, 0.25) is 0 Å². The molecule has 2 aromatic carbocycles. The molecule has 0 unspecified atom stereocenters. The summed E-state index contributed by atoms with van der Waals surface area (Å²) in [7, 11) is 2.12. The molecule has 0 fully saturated rings. The van der Waals surface area contributed by atoms with Gasteiger partial charge in [-0.3, -0.25) is 0 Å². The van der Waals surface area contributed by atoms with Crippen LogP contribution in [0.25, 0.3) is 11.4 Å². The second-order valence-electron chi connectivity index (χ2n) is 9.76. The Labute approximate surface area is 203 Å². The van der Waals surface area contributed by atoms with Crippen LogP contribution in [0.3, 0.4) is 0 Å². The molecule has 0 saturated carbocycles. The van der Waals surface area contributed by atoms with E-state index in [1.165, 1.54) is 53.5 Å². The Bertz CT molecular complexity index is 951. The lowest BCUT2D eigenvalue weighted by Gasteiger charge is -2.24. The largest absolute Gasteiger partial charge is 0.385 e. The molecule has 0 aromatic heterocycles. The van der Waals surface area contributed by atoms with Crippen molar-refractivity contribution in [3.63, 3.8) is 0 Å². The van der Waals surface area contributed by atoms with Gasteiger partial charge in [0.1, 0.15) is 0 Å². The van der Waals surface area contributed by atoms with Gasteiger partial charge in [-0.1, -0.05) is 75.8 Å². The summed E-state index contributed by atoms with van der Waals surface area (Å²) >= 11 is 0. The van der Waals surface area contributed by atoms with Crippen LogP contribution in [0.4, 0.5) is 0 Å². The molecule has 33 heavy (non-hydrogen) atoms. The minimum atomic E-state index is 0.508. The second kappa shape index (κ2) is 13.1. The van der Waals surface area contributed by atoms with Crippen LogP contribution in [0.1, 0.15) is 86.6 Å². The zero-order valence-corrected chi connectivity index (χ0v) is 21.6. The molecule has 2 nitrogen and oxygen atoms in total. The van der Waals surface area contributed by atoms with E-state index in [2.05, 4.69) is 107 Å². The summed E-state index contributed by atoms with van der Waals surface area (Å²) in [4.78, 5) is 2.24. The Hall–Kier alpha value is -2.74. The molecule has 0 aliphatic carbocycles. The summed E-state index contributed by atoms with van der Waals surface area (Å²) in [6.45, 7) is 23.2. The first-order valence-corrected chi connectivity index (χ1v) is 12.4. The van der Waals surface area contributed by atoms with Crippen molar-refractivity contribution in [2.24, 2.45) is 0 Å². The molecule has 0 spiro atoms. The molecular formula is C31H44N2. The summed E-state index contributed by atoms with van der Waals surface area (Å²) in [5, 5.41) is 3.51. The number of allylic oxidation sites excluding steroid dienone is 1. The number of benzene rings is 2. The molecule has 178 valence electrons. The van der Waals surface area contributed by atoms with E-state index in [-0.39, 0.29) is 0 Å². The van der Waals surface area contributed by atoms with E-state index in [9.17, 15) is 0 Å². The zero-order valence-electron chi connectivity index (χ0n) is 21.6. The number of nitrogens with one attached hydrogen (secondary N) is 1. The Balaban J connectivity index is 1.91. The quantitative estimate of drug-likeness (QED) is 0.233. The summed E-state index contributed by atoms with van der Waals surface area (Å²) in [6.07, 6.45) is 6.09. The Morgan fingerprint density at radius 1 is 0.970 bits per heavy atom. The normalized spacial score (nSPS) is 10.8. The molecule has 0 aliphatic rings. The fourth-order valence-corrected chi connectivity index (χ4v) is 3.99. The van der Waals surface area contributed by atoms with E-state index in [1.807, 2.05) is 0 Å². The maximum absolute atomic E-state index is 4.41.